The van der Waals surface area contributed by atoms with Crippen LogP contribution in [0, 0.1) is 0 Å². The fraction of sp³-hybridized carbons (Fsp3) is 0.333. The molecule has 5 heteroatoms. The summed E-state index contributed by atoms with van der Waals surface area (Å²) in [7, 11) is 1.51. The maximum atomic E-state index is 11.6. The van der Waals surface area contributed by atoms with Crippen LogP contribution in [-0.2, 0) is 9.59 Å². The number of carbonyl (C=O) groups excluding carboxylic acids is 2. The van der Waals surface area contributed by atoms with Crippen LogP contribution in [0.1, 0.15) is 6.92 Å². The van der Waals surface area contributed by atoms with Gasteiger partial charge in [-0.3, -0.25) is 9.59 Å². The van der Waals surface area contributed by atoms with Crippen molar-refractivity contribution >= 4 is 11.8 Å². The smallest absolute Gasteiger partial charge is 0.261 e. The molecule has 17 heavy (non-hydrogen) atoms. The van der Waals surface area contributed by atoms with E-state index in [9.17, 15) is 9.59 Å². The first-order valence-corrected chi connectivity index (χ1v) is 5.33. The number of benzene rings is 1. The van der Waals surface area contributed by atoms with Crippen LogP contribution in [0.4, 0.5) is 0 Å². The highest BCUT2D eigenvalue weighted by Gasteiger charge is 2.14. The van der Waals surface area contributed by atoms with Crippen molar-refractivity contribution in [3.05, 3.63) is 30.3 Å². The summed E-state index contributed by atoms with van der Waals surface area (Å²) in [5.74, 6) is 0.0535. The number of nitrogens with one attached hydrogen (secondary N) is 2. The van der Waals surface area contributed by atoms with Gasteiger partial charge in [-0.15, -0.1) is 0 Å². The topological polar surface area (TPSA) is 67.4 Å². The Kier molecular flexibility index (Phi) is 5.00. The molecule has 2 N–H and O–H groups in total. The lowest BCUT2D eigenvalue weighted by atomic mass is 10.3. The average molecular weight is 236 g/mol. The molecule has 0 spiro atoms. The number of para-hydroxylation sites is 1. The first kappa shape index (κ1) is 13.0. The minimum Gasteiger partial charge on any atom is -0.481 e. The number of hydrogen-bond donors (Lipinski definition) is 2. The quantitative estimate of drug-likeness (QED) is 0.773. The number of ether oxygens (including phenoxy) is 1. The zero-order chi connectivity index (χ0) is 12.7. The number of rotatable bonds is 5. The lowest BCUT2D eigenvalue weighted by Crippen LogP contribution is -2.41. The van der Waals surface area contributed by atoms with Crippen molar-refractivity contribution < 1.29 is 14.3 Å². The third-order valence-electron chi connectivity index (χ3n) is 2.13. The Labute approximate surface area is 100 Å². The van der Waals surface area contributed by atoms with E-state index in [0.717, 1.165) is 0 Å². The van der Waals surface area contributed by atoms with Crippen LogP contribution in [0.5, 0.6) is 5.75 Å². The molecule has 92 valence electrons. The molecule has 0 aliphatic carbocycles. The van der Waals surface area contributed by atoms with Crippen LogP contribution in [0.25, 0.3) is 0 Å². The summed E-state index contributed by atoms with van der Waals surface area (Å²) in [6.07, 6.45) is -0.637. The van der Waals surface area contributed by atoms with E-state index in [2.05, 4.69) is 10.6 Å². The molecule has 0 radical (unpaired) electrons. The predicted octanol–water partition coefficient (Wildman–Crippen LogP) is 0.316. The van der Waals surface area contributed by atoms with Gasteiger partial charge >= 0.3 is 0 Å². The summed E-state index contributed by atoms with van der Waals surface area (Å²) in [5.41, 5.74) is 0. The van der Waals surface area contributed by atoms with Gasteiger partial charge in [0.1, 0.15) is 5.75 Å². The molecule has 0 aromatic heterocycles. The molecule has 1 atom stereocenters. The largest absolute Gasteiger partial charge is 0.481 e. The molecule has 0 saturated heterocycles. The minimum atomic E-state index is -0.637. The highest BCUT2D eigenvalue weighted by molar-refractivity contribution is 5.86. The van der Waals surface area contributed by atoms with E-state index >= 15 is 0 Å². The van der Waals surface area contributed by atoms with E-state index in [-0.39, 0.29) is 18.4 Å². The van der Waals surface area contributed by atoms with Gasteiger partial charge in [0.2, 0.25) is 5.91 Å². The number of amides is 2. The molecule has 0 heterocycles. The molecular formula is C12H16N2O3. The summed E-state index contributed by atoms with van der Waals surface area (Å²) in [6, 6.07) is 9.04. The second-order valence-corrected chi connectivity index (χ2v) is 3.46. The van der Waals surface area contributed by atoms with Crippen molar-refractivity contribution in [2.24, 2.45) is 0 Å². The Hall–Kier alpha value is -2.04. The van der Waals surface area contributed by atoms with E-state index in [1.165, 1.54) is 7.05 Å². The van der Waals surface area contributed by atoms with Crippen LogP contribution in [0.2, 0.25) is 0 Å². The van der Waals surface area contributed by atoms with E-state index in [1.807, 2.05) is 18.2 Å². The SMILES string of the molecule is CNC(=O)CNC(=O)C(C)Oc1ccccc1. The standard InChI is InChI=1S/C12H16N2O3/c1-9(12(16)14-8-11(15)13-2)17-10-6-4-3-5-7-10/h3-7,9H,8H2,1-2H3,(H,13,15)(H,14,16). The molecule has 0 aliphatic rings. The summed E-state index contributed by atoms with van der Waals surface area (Å²) < 4.78 is 5.40. The molecule has 1 unspecified atom stereocenters. The Bertz CT molecular complexity index is 379. The Morgan fingerprint density at radius 3 is 2.53 bits per heavy atom. The second kappa shape index (κ2) is 6.52. The van der Waals surface area contributed by atoms with Gasteiger partial charge in [-0.05, 0) is 19.1 Å². The van der Waals surface area contributed by atoms with Gasteiger partial charge < -0.3 is 15.4 Å². The average Bonchev–Trinajstić information content (AvgIpc) is 2.36. The number of carbonyl (C=O) groups is 2. The molecular weight excluding hydrogens is 220 g/mol. The molecule has 0 saturated carbocycles. The molecule has 0 bridgehead atoms. The normalized spacial score (nSPS) is 11.4. The van der Waals surface area contributed by atoms with E-state index in [0.29, 0.717) is 5.75 Å². The highest BCUT2D eigenvalue weighted by atomic mass is 16.5. The summed E-state index contributed by atoms with van der Waals surface area (Å²) >= 11 is 0. The highest BCUT2D eigenvalue weighted by Crippen LogP contribution is 2.10. The monoisotopic (exact) mass is 236 g/mol. The van der Waals surface area contributed by atoms with E-state index < -0.39 is 6.10 Å². The lowest BCUT2D eigenvalue weighted by molar-refractivity contribution is -0.130. The second-order valence-electron chi connectivity index (χ2n) is 3.46. The van der Waals surface area contributed by atoms with Gasteiger partial charge in [-0.25, -0.2) is 0 Å². The maximum Gasteiger partial charge on any atom is 0.261 e. The number of hydrogen-bond acceptors (Lipinski definition) is 3. The van der Waals surface area contributed by atoms with Gasteiger partial charge in [-0.2, -0.15) is 0 Å². The van der Waals surface area contributed by atoms with Gasteiger partial charge in [0, 0.05) is 7.05 Å². The van der Waals surface area contributed by atoms with Crippen LogP contribution in [0.3, 0.4) is 0 Å². The molecule has 0 aliphatic heterocycles. The fourth-order valence-corrected chi connectivity index (χ4v) is 1.16. The summed E-state index contributed by atoms with van der Waals surface area (Å²) in [5, 5.41) is 4.89. The van der Waals surface area contributed by atoms with Crippen LogP contribution in [-0.4, -0.2) is 31.5 Å². The fourth-order valence-electron chi connectivity index (χ4n) is 1.16. The van der Waals surface area contributed by atoms with Crippen molar-refractivity contribution in [2.45, 2.75) is 13.0 Å². The van der Waals surface area contributed by atoms with Crippen molar-refractivity contribution in [3.63, 3.8) is 0 Å². The van der Waals surface area contributed by atoms with Gasteiger partial charge in [0.25, 0.3) is 5.91 Å². The third kappa shape index (κ3) is 4.55. The lowest BCUT2D eigenvalue weighted by Gasteiger charge is -2.14. The van der Waals surface area contributed by atoms with Crippen molar-refractivity contribution in [2.75, 3.05) is 13.6 Å². The van der Waals surface area contributed by atoms with Crippen molar-refractivity contribution in [3.8, 4) is 5.75 Å². The van der Waals surface area contributed by atoms with Gasteiger partial charge in [0.15, 0.2) is 6.10 Å². The van der Waals surface area contributed by atoms with Crippen molar-refractivity contribution in [1.29, 1.82) is 0 Å². The van der Waals surface area contributed by atoms with Crippen LogP contribution < -0.4 is 15.4 Å². The minimum absolute atomic E-state index is 0.0438. The van der Waals surface area contributed by atoms with Crippen LogP contribution >= 0.6 is 0 Å². The zero-order valence-corrected chi connectivity index (χ0v) is 9.90. The molecule has 1 aromatic carbocycles. The first-order valence-electron chi connectivity index (χ1n) is 5.33. The van der Waals surface area contributed by atoms with Crippen molar-refractivity contribution in [1.82, 2.24) is 10.6 Å². The number of likely N-dealkylation sites (N-methyl/N-ethyl adjacent to an activating group) is 1. The molecule has 1 rings (SSSR count). The Balaban J connectivity index is 2.40. The molecule has 2 amide bonds. The molecule has 1 aromatic rings. The Morgan fingerprint density at radius 1 is 1.29 bits per heavy atom. The summed E-state index contributed by atoms with van der Waals surface area (Å²) in [6.45, 7) is 1.59. The third-order valence-corrected chi connectivity index (χ3v) is 2.13. The molecule has 0 fully saturated rings. The van der Waals surface area contributed by atoms with E-state index in [1.54, 1.807) is 19.1 Å². The first-order chi connectivity index (χ1) is 8.13. The van der Waals surface area contributed by atoms with Gasteiger partial charge in [0.05, 0.1) is 6.54 Å². The van der Waals surface area contributed by atoms with E-state index in [4.69, 9.17) is 4.74 Å². The van der Waals surface area contributed by atoms with Gasteiger partial charge in [-0.1, -0.05) is 18.2 Å². The summed E-state index contributed by atoms with van der Waals surface area (Å²) in [4.78, 5) is 22.5. The predicted molar refractivity (Wildman–Crippen MR) is 63.6 cm³/mol. The maximum absolute atomic E-state index is 11.6. The Morgan fingerprint density at radius 2 is 1.94 bits per heavy atom. The van der Waals surface area contributed by atoms with Crippen LogP contribution in [0.15, 0.2) is 30.3 Å². The zero-order valence-electron chi connectivity index (χ0n) is 9.90. The molecule has 5 nitrogen and oxygen atoms in total.